The molecule has 58 valence electrons. The van der Waals surface area contributed by atoms with Crippen LogP contribution in [0.1, 0.15) is 39.5 Å². The van der Waals surface area contributed by atoms with Gasteiger partial charge in [-0.05, 0) is 36.5 Å². The first-order valence-electron chi connectivity index (χ1n) is 4.84. The van der Waals surface area contributed by atoms with Gasteiger partial charge in [0.05, 0.1) is 0 Å². The molecule has 4 atom stereocenters. The van der Waals surface area contributed by atoms with Crippen molar-refractivity contribution in [1.82, 2.24) is 0 Å². The van der Waals surface area contributed by atoms with E-state index < -0.39 is 0 Å². The summed E-state index contributed by atoms with van der Waals surface area (Å²) in [6.07, 6.45) is 6.05. The largest absolute Gasteiger partial charge is 0.0651 e. The second kappa shape index (κ2) is 2.25. The molecular weight excluding hydrogens is 120 g/mol. The smallest absolute Gasteiger partial charge is 0.0352 e. The van der Waals surface area contributed by atoms with E-state index in [9.17, 15) is 0 Å². The van der Waals surface area contributed by atoms with Gasteiger partial charge in [0.1, 0.15) is 0 Å². The molecule has 2 saturated carbocycles. The lowest BCUT2D eigenvalue weighted by molar-refractivity contribution is 0.0133. The summed E-state index contributed by atoms with van der Waals surface area (Å²) in [6.45, 7) is 4.82. The molecular formula is C10H18. The van der Waals surface area contributed by atoms with Crippen LogP contribution in [0.4, 0.5) is 0 Å². The lowest BCUT2D eigenvalue weighted by atomic mass is 9.58. The Morgan fingerprint density at radius 1 is 1.20 bits per heavy atom. The average Bonchev–Trinajstić information content (AvgIpc) is 2.33. The highest BCUT2D eigenvalue weighted by Gasteiger charge is 2.48. The first-order chi connectivity index (χ1) is 4.84. The zero-order valence-corrected chi connectivity index (χ0v) is 7.14. The Hall–Kier alpha value is 0. The average molecular weight is 138 g/mol. The van der Waals surface area contributed by atoms with Crippen molar-refractivity contribution in [2.24, 2.45) is 23.7 Å². The minimum atomic E-state index is 1.07. The van der Waals surface area contributed by atoms with Gasteiger partial charge in [0.2, 0.25) is 0 Å². The molecule has 0 N–H and O–H groups in total. The first-order valence-corrected chi connectivity index (χ1v) is 4.84. The number of fused-ring (bicyclic) bond motifs is 1. The van der Waals surface area contributed by atoms with E-state index in [1.807, 2.05) is 0 Å². The van der Waals surface area contributed by atoms with Crippen molar-refractivity contribution in [1.29, 1.82) is 0 Å². The van der Waals surface area contributed by atoms with E-state index >= 15 is 0 Å². The van der Waals surface area contributed by atoms with Crippen LogP contribution in [0.25, 0.3) is 0 Å². The molecule has 0 aromatic heterocycles. The summed E-state index contributed by atoms with van der Waals surface area (Å²) in [6, 6.07) is 0. The van der Waals surface area contributed by atoms with Gasteiger partial charge in [-0.15, -0.1) is 0 Å². The van der Waals surface area contributed by atoms with E-state index in [1.165, 1.54) is 12.8 Å². The second-order valence-electron chi connectivity index (χ2n) is 4.19. The monoisotopic (exact) mass is 138 g/mol. The third kappa shape index (κ3) is 0.681. The Kier molecular flexibility index (Phi) is 1.51. The van der Waals surface area contributed by atoms with E-state index in [-0.39, 0.29) is 0 Å². The molecule has 2 rings (SSSR count). The summed E-state index contributed by atoms with van der Waals surface area (Å²) in [5.74, 6) is 4.47. The van der Waals surface area contributed by atoms with Gasteiger partial charge in [0.25, 0.3) is 0 Å². The van der Waals surface area contributed by atoms with Crippen molar-refractivity contribution >= 4 is 0 Å². The van der Waals surface area contributed by atoms with Crippen LogP contribution in [0.3, 0.4) is 0 Å². The molecule has 2 aliphatic carbocycles. The van der Waals surface area contributed by atoms with Gasteiger partial charge < -0.3 is 0 Å². The Balaban J connectivity index is 2.01. The third-order valence-electron chi connectivity index (χ3n) is 4.00. The van der Waals surface area contributed by atoms with Gasteiger partial charge in [-0.1, -0.05) is 26.7 Å². The van der Waals surface area contributed by atoms with E-state index in [1.54, 1.807) is 12.8 Å². The molecule has 2 aliphatic rings. The molecule has 0 heterocycles. The highest BCUT2D eigenvalue weighted by molar-refractivity contribution is 4.97. The van der Waals surface area contributed by atoms with Gasteiger partial charge in [0, 0.05) is 0 Å². The Morgan fingerprint density at radius 3 is 2.60 bits per heavy atom. The Morgan fingerprint density at radius 2 is 1.90 bits per heavy atom. The maximum Gasteiger partial charge on any atom is -0.0352 e. The Bertz CT molecular complexity index is 128. The lowest BCUT2D eigenvalue weighted by Gasteiger charge is -2.47. The van der Waals surface area contributed by atoms with Crippen molar-refractivity contribution in [3.05, 3.63) is 0 Å². The highest BCUT2D eigenvalue weighted by Crippen LogP contribution is 2.56. The molecule has 2 unspecified atom stereocenters. The molecule has 0 radical (unpaired) electrons. The molecule has 0 nitrogen and oxygen atoms in total. The maximum absolute atomic E-state index is 2.46. The number of rotatable bonds is 1. The van der Waals surface area contributed by atoms with Gasteiger partial charge in [0.15, 0.2) is 0 Å². The third-order valence-corrected chi connectivity index (χ3v) is 4.00. The SMILES string of the molecule is CCC1C(C)[C@@H]2CCC[C@H]12. The predicted octanol–water partition coefficient (Wildman–Crippen LogP) is 3.08. The quantitative estimate of drug-likeness (QED) is 0.522. The molecule has 10 heavy (non-hydrogen) atoms. The van der Waals surface area contributed by atoms with Crippen molar-refractivity contribution in [2.45, 2.75) is 39.5 Å². The van der Waals surface area contributed by atoms with Crippen LogP contribution in [0.2, 0.25) is 0 Å². The zero-order valence-electron chi connectivity index (χ0n) is 7.14. The molecule has 0 spiro atoms. The van der Waals surface area contributed by atoms with Crippen LogP contribution in [0, 0.1) is 23.7 Å². The number of hydrogen-bond donors (Lipinski definition) is 0. The van der Waals surface area contributed by atoms with Crippen LogP contribution < -0.4 is 0 Å². The van der Waals surface area contributed by atoms with Crippen LogP contribution in [0.15, 0.2) is 0 Å². The molecule has 2 fully saturated rings. The number of hydrogen-bond acceptors (Lipinski definition) is 0. The van der Waals surface area contributed by atoms with E-state index in [0.717, 1.165) is 23.7 Å². The van der Waals surface area contributed by atoms with Crippen molar-refractivity contribution in [3.63, 3.8) is 0 Å². The van der Waals surface area contributed by atoms with Crippen molar-refractivity contribution in [2.75, 3.05) is 0 Å². The summed E-state index contributed by atoms with van der Waals surface area (Å²) >= 11 is 0. The fourth-order valence-electron chi connectivity index (χ4n) is 3.44. The molecule has 0 aromatic rings. The van der Waals surface area contributed by atoms with Gasteiger partial charge >= 0.3 is 0 Å². The van der Waals surface area contributed by atoms with Crippen LogP contribution in [-0.2, 0) is 0 Å². The molecule has 0 heteroatoms. The zero-order chi connectivity index (χ0) is 7.14. The molecule has 0 amide bonds. The van der Waals surface area contributed by atoms with Gasteiger partial charge in [-0.25, -0.2) is 0 Å². The van der Waals surface area contributed by atoms with Crippen LogP contribution >= 0.6 is 0 Å². The van der Waals surface area contributed by atoms with Crippen molar-refractivity contribution in [3.8, 4) is 0 Å². The van der Waals surface area contributed by atoms with Gasteiger partial charge in [-0.3, -0.25) is 0 Å². The Labute approximate surface area is 64.0 Å². The molecule has 0 aromatic carbocycles. The van der Waals surface area contributed by atoms with E-state index in [0.29, 0.717) is 0 Å². The predicted molar refractivity (Wildman–Crippen MR) is 43.8 cm³/mol. The summed E-state index contributed by atoms with van der Waals surface area (Å²) < 4.78 is 0. The normalized spacial score (nSPS) is 52.2. The fraction of sp³-hybridized carbons (Fsp3) is 1.00. The topological polar surface area (TPSA) is 0 Å². The van der Waals surface area contributed by atoms with Gasteiger partial charge in [-0.2, -0.15) is 0 Å². The highest BCUT2D eigenvalue weighted by atomic mass is 14.5. The first kappa shape index (κ1) is 6.69. The standard InChI is InChI=1S/C10H18/c1-3-8-7(2)9-5-4-6-10(8)9/h7-10H,3-6H2,1-2H3/t7?,8?,9-,10+/m0/s1. The van der Waals surface area contributed by atoms with Crippen LogP contribution in [0.5, 0.6) is 0 Å². The summed E-state index contributed by atoms with van der Waals surface area (Å²) in [5, 5.41) is 0. The van der Waals surface area contributed by atoms with E-state index in [4.69, 9.17) is 0 Å². The molecule has 0 saturated heterocycles. The van der Waals surface area contributed by atoms with Crippen LogP contribution in [-0.4, -0.2) is 0 Å². The lowest BCUT2D eigenvalue weighted by Crippen LogP contribution is -2.41. The molecule has 0 aliphatic heterocycles. The van der Waals surface area contributed by atoms with E-state index in [2.05, 4.69) is 13.8 Å². The maximum atomic E-state index is 2.46. The minimum Gasteiger partial charge on any atom is -0.0651 e. The summed E-state index contributed by atoms with van der Waals surface area (Å²) in [5.41, 5.74) is 0. The van der Waals surface area contributed by atoms with Crippen molar-refractivity contribution < 1.29 is 0 Å². The molecule has 0 bridgehead atoms. The minimum absolute atomic E-state index is 1.07. The second-order valence-corrected chi connectivity index (χ2v) is 4.19. The fourth-order valence-corrected chi connectivity index (χ4v) is 3.44. The summed E-state index contributed by atoms with van der Waals surface area (Å²) in [4.78, 5) is 0. The summed E-state index contributed by atoms with van der Waals surface area (Å²) in [7, 11) is 0.